The van der Waals surface area contributed by atoms with Crippen LogP contribution in [0.25, 0.3) is 11.5 Å². The van der Waals surface area contributed by atoms with E-state index < -0.39 is 0 Å². The predicted molar refractivity (Wildman–Crippen MR) is 113 cm³/mol. The molecule has 0 bridgehead atoms. The Hall–Kier alpha value is -2.35. The maximum Gasteiger partial charge on any atom is 0.277 e. The first kappa shape index (κ1) is 20.4. The molecule has 0 atom stereocenters. The number of amides is 1. The van der Waals surface area contributed by atoms with Gasteiger partial charge in [-0.05, 0) is 62.5 Å². The summed E-state index contributed by atoms with van der Waals surface area (Å²) in [5.41, 5.74) is 2.79. The van der Waals surface area contributed by atoms with Gasteiger partial charge in [0.2, 0.25) is 11.8 Å². The first-order chi connectivity index (χ1) is 13.5. The normalized spacial score (nSPS) is 11.0. The van der Waals surface area contributed by atoms with Crippen molar-refractivity contribution in [3.8, 4) is 11.5 Å². The molecular weight excluding hydrogens is 396 g/mol. The van der Waals surface area contributed by atoms with Crippen LogP contribution in [-0.4, -0.2) is 47.4 Å². The van der Waals surface area contributed by atoms with Crippen LogP contribution in [0, 0.1) is 0 Å². The van der Waals surface area contributed by atoms with E-state index in [9.17, 15) is 4.79 Å². The molecule has 0 unspecified atom stereocenters. The Morgan fingerprint density at radius 2 is 1.82 bits per heavy atom. The molecule has 0 fully saturated rings. The summed E-state index contributed by atoms with van der Waals surface area (Å²) in [6, 6.07) is 15.0. The third-order valence-electron chi connectivity index (χ3n) is 3.91. The number of likely N-dealkylation sites (N-methyl/N-ethyl adjacent to an activating group) is 1. The fourth-order valence-corrected chi connectivity index (χ4v) is 3.10. The van der Waals surface area contributed by atoms with Gasteiger partial charge in [-0.2, -0.15) is 0 Å². The molecule has 6 nitrogen and oxygen atoms in total. The zero-order valence-electron chi connectivity index (χ0n) is 15.7. The second-order valence-corrected chi connectivity index (χ2v) is 7.83. The number of thioether (sulfide) groups is 1. The van der Waals surface area contributed by atoms with Crippen LogP contribution in [0.4, 0.5) is 5.69 Å². The van der Waals surface area contributed by atoms with Crippen molar-refractivity contribution >= 4 is 35.0 Å². The van der Waals surface area contributed by atoms with Crippen LogP contribution in [0.1, 0.15) is 5.56 Å². The average Bonchev–Trinajstić information content (AvgIpc) is 3.15. The summed E-state index contributed by atoms with van der Waals surface area (Å²) in [7, 11) is 4.10. The molecule has 8 heteroatoms. The number of nitrogens with zero attached hydrogens (tertiary/aromatic N) is 3. The summed E-state index contributed by atoms with van der Waals surface area (Å²) in [6.07, 6.45) is 0.976. The Morgan fingerprint density at radius 3 is 2.50 bits per heavy atom. The maximum atomic E-state index is 12.2. The minimum absolute atomic E-state index is 0.128. The van der Waals surface area contributed by atoms with Gasteiger partial charge in [-0.1, -0.05) is 35.5 Å². The molecule has 0 aliphatic rings. The van der Waals surface area contributed by atoms with Crippen molar-refractivity contribution in [3.05, 3.63) is 59.1 Å². The lowest BCUT2D eigenvalue weighted by atomic mass is 10.1. The topological polar surface area (TPSA) is 71.3 Å². The van der Waals surface area contributed by atoms with Gasteiger partial charge in [0.1, 0.15) is 0 Å². The van der Waals surface area contributed by atoms with Crippen molar-refractivity contribution in [1.29, 1.82) is 0 Å². The molecule has 0 saturated carbocycles. The number of hydrogen-bond acceptors (Lipinski definition) is 6. The number of hydrogen-bond donors (Lipinski definition) is 1. The number of carbonyl (C=O) groups is 1. The molecule has 28 heavy (non-hydrogen) atoms. The van der Waals surface area contributed by atoms with Gasteiger partial charge in [-0.25, -0.2) is 0 Å². The Kier molecular flexibility index (Phi) is 7.08. The molecule has 0 saturated heterocycles. The minimum atomic E-state index is -0.128. The zero-order valence-corrected chi connectivity index (χ0v) is 17.3. The van der Waals surface area contributed by atoms with Crippen LogP contribution in [0.15, 0.2) is 58.2 Å². The Labute approximate surface area is 173 Å². The van der Waals surface area contributed by atoms with E-state index in [1.807, 2.05) is 38.4 Å². The smallest absolute Gasteiger partial charge is 0.277 e. The van der Waals surface area contributed by atoms with Gasteiger partial charge in [-0.15, -0.1) is 10.2 Å². The Balaban J connectivity index is 1.48. The van der Waals surface area contributed by atoms with Crippen LogP contribution >= 0.6 is 23.4 Å². The summed E-state index contributed by atoms with van der Waals surface area (Å²) >= 11 is 7.07. The Morgan fingerprint density at radius 1 is 1.11 bits per heavy atom. The van der Waals surface area contributed by atoms with Gasteiger partial charge in [-0.3, -0.25) is 4.79 Å². The van der Waals surface area contributed by atoms with E-state index in [2.05, 4.69) is 20.4 Å². The molecule has 0 radical (unpaired) electrons. The second kappa shape index (κ2) is 9.73. The number of rotatable bonds is 8. The highest BCUT2D eigenvalue weighted by Gasteiger charge is 2.11. The van der Waals surface area contributed by atoms with Crippen LogP contribution < -0.4 is 5.32 Å². The second-order valence-electron chi connectivity index (χ2n) is 6.47. The van der Waals surface area contributed by atoms with Crippen LogP contribution in [-0.2, 0) is 11.2 Å². The van der Waals surface area contributed by atoms with E-state index in [0.29, 0.717) is 16.1 Å². The highest BCUT2D eigenvalue weighted by Crippen LogP contribution is 2.24. The van der Waals surface area contributed by atoms with E-state index >= 15 is 0 Å². The molecule has 1 amide bonds. The van der Waals surface area contributed by atoms with Gasteiger partial charge >= 0.3 is 0 Å². The highest BCUT2D eigenvalue weighted by molar-refractivity contribution is 7.99. The largest absolute Gasteiger partial charge is 0.411 e. The molecule has 146 valence electrons. The summed E-state index contributed by atoms with van der Waals surface area (Å²) in [6.45, 7) is 0.991. The summed E-state index contributed by atoms with van der Waals surface area (Å²) < 4.78 is 5.59. The molecule has 2 aromatic carbocycles. The van der Waals surface area contributed by atoms with Crippen molar-refractivity contribution in [3.63, 3.8) is 0 Å². The molecule has 0 aliphatic heterocycles. The molecule has 0 aliphatic carbocycles. The SMILES string of the molecule is CN(C)CCc1ccc(NC(=O)CSc2nnc(-c3ccc(Cl)cc3)o2)cc1. The molecule has 3 aromatic rings. The van der Waals surface area contributed by atoms with Crippen LogP contribution in [0.2, 0.25) is 5.02 Å². The van der Waals surface area contributed by atoms with Gasteiger partial charge < -0.3 is 14.6 Å². The molecule has 1 aromatic heterocycles. The number of aromatic nitrogens is 2. The van der Waals surface area contributed by atoms with Gasteiger partial charge in [0, 0.05) is 22.8 Å². The average molecular weight is 417 g/mol. The third-order valence-corrected chi connectivity index (χ3v) is 4.98. The molecule has 0 spiro atoms. The molecule has 3 rings (SSSR count). The molecule has 1 heterocycles. The number of anilines is 1. The lowest BCUT2D eigenvalue weighted by molar-refractivity contribution is -0.113. The van der Waals surface area contributed by atoms with Crippen molar-refractivity contribution < 1.29 is 9.21 Å². The summed E-state index contributed by atoms with van der Waals surface area (Å²) in [5, 5.41) is 11.8. The number of nitrogens with one attached hydrogen (secondary N) is 1. The fourth-order valence-electron chi connectivity index (χ4n) is 2.41. The minimum Gasteiger partial charge on any atom is -0.411 e. The molecular formula is C20H21ClN4O2S. The van der Waals surface area contributed by atoms with E-state index in [1.54, 1.807) is 24.3 Å². The number of benzene rings is 2. The first-order valence-electron chi connectivity index (χ1n) is 8.75. The standard InChI is InChI=1S/C20H21ClN4O2S/c1-25(2)12-11-14-3-9-17(10-4-14)22-18(26)13-28-20-24-23-19(27-20)15-5-7-16(21)8-6-15/h3-10H,11-13H2,1-2H3,(H,22,26). The van der Waals surface area contributed by atoms with Crippen LogP contribution in [0.5, 0.6) is 0 Å². The van der Waals surface area contributed by atoms with Crippen molar-refractivity contribution in [1.82, 2.24) is 15.1 Å². The van der Waals surface area contributed by atoms with Crippen LogP contribution in [0.3, 0.4) is 0 Å². The van der Waals surface area contributed by atoms with Crippen molar-refractivity contribution in [2.75, 3.05) is 31.7 Å². The van der Waals surface area contributed by atoms with E-state index in [-0.39, 0.29) is 11.7 Å². The van der Waals surface area contributed by atoms with Gasteiger partial charge in [0.05, 0.1) is 5.75 Å². The fraction of sp³-hybridized carbons (Fsp3) is 0.250. The maximum absolute atomic E-state index is 12.2. The predicted octanol–water partition coefficient (Wildman–Crippen LogP) is 4.22. The first-order valence-corrected chi connectivity index (χ1v) is 10.1. The van der Waals surface area contributed by atoms with E-state index in [1.165, 1.54) is 17.3 Å². The van der Waals surface area contributed by atoms with Gasteiger partial charge in [0.25, 0.3) is 5.22 Å². The summed E-state index contributed by atoms with van der Waals surface area (Å²) in [4.78, 5) is 14.3. The Bertz CT molecular complexity index is 911. The quantitative estimate of drug-likeness (QED) is 0.554. The lowest BCUT2D eigenvalue weighted by Crippen LogP contribution is -2.15. The monoisotopic (exact) mass is 416 g/mol. The highest BCUT2D eigenvalue weighted by atomic mass is 35.5. The van der Waals surface area contributed by atoms with E-state index in [4.69, 9.17) is 16.0 Å². The lowest BCUT2D eigenvalue weighted by Gasteiger charge is -2.10. The number of halogens is 1. The zero-order chi connectivity index (χ0) is 19.9. The van der Waals surface area contributed by atoms with Gasteiger partial charge in [0.15, 0.2) is 0 Å². The molecule has 1 N–H and O–H groups in total. The van der Waals surface area contributed by atoms with E-state index in [0.717, 1.165) is 24.2 Å². The third kappa shape index (κ3) is 6.09. The van der Waals surface area contributed by atoms with Crippen molar-refractivity contribution in [2.24, 2.45) is 0 Å². The number of carbonyl (C=O) groups excluding carboxylic acids is 1. The van der Waals surface area contributed by atoms with Crippen molar-refractivity contribution in [2.45, 2.75) is 11.6 Å². The summed E-state index contributed by atoms with van der Waals surface area (Å²) in [5.74, 6) is 0.454.